The summed E-state index contributed by atoms with van der Waals surface area (Å²) in [4.78, 5) is 38.1. The Morgan fingerprint density at radius 3 is 0.824 bits per heavy atom. The minimum atomic E-state index is -0.769. The summed E-state index contributed by atoms with van der Waals surface area (Å²) in [7, 11) is 0. The smallest absolute Gasteiger partial charge is 0.306 e. The largest absolute Gasteiger partial charge is 0.462 e. The molecule has 0 aliphatic rings. The molecule has 0 aliphatic heterocycles. The Balaban J connectivity index is 4.05. The minimum absolute atomic E-state index is 0.0694. The van der Waals surface area contributed by atoms with E-state index in [1.54, 1.807) is 0 Å². The van der Waals surface area contributed by atoms with Crippen molar-refractivity contribution in [2.24, 2.45) is 0 Å². The first kappa shape index (κ1) is 70.8. The highest BCUT2D eigenvalue weighted by Crippen LogP contribution is 2.17. The van der Waals surface area contributed by atoms with Gasteiger partial charge >= 0.3 is 17.9 Å². The van der Waals surface area contributed by atoms with E-state index >= 15 is 0 Å². The predicted molar refractivity (Wildman–Crippen MR) is 321 cm³/mol. The molecule has 0 aliphatic carbocycles. The highest BCUT2D eigenvalue weighted by molar-refractivity contribution is 5.71. The van der Waals surface area contributed by atoms with Crippen LogP contribution in [0.3, 0.4) is 0 Å². The Morgan fingerprint density at radius 1 is 0.284 bits per heavy atom. The van der Waals surface area contributed by atoms with Crippen molar-refractivity contribution >= 4 is 17.9 Å². The summed E-state index contributed by atoms with van der Waals surface area (Å²) in [6, 6.07) is 0. The Labute approximate surface area is 459 Å². The fourth-order valence-electron chi connectivity index (χ4n) is 9.21. The number of unbranched alkanes of at least 4 members (excludes halogenated alkanes) is 35. The number of esters is 3. The summed E-state index contributed by atoms with van der Waals surface area (Å²) in [5.41, 5.74) is 0. The Hall–Kier alpha value is -3.15. The number of hydrogen-bond donors (Lipinski definition) is 0. The quantitative estimate of drug-likeness (QED) is 0.0261. The standard InChI is InChI=1S/C68H120O6/c1-4-7-10-13-16-19-21-23-25-26-27-28-29-30-31-32-33-34-35-36-37-38-39-40-41-42-44-45-47-49-52-55-58-61-67(70)73-64-65(63-72-66(69)60-57-54-51-18-15-12-9-6-3)74-68(71)62-59-56-53-50-48-46-43-24-22-20-17-14-11-8-5-2/h7,10,16,19,23,25,27-28,30-31,33-34,65H,4-6,8-9,11-15,17-18,20-22,24,26,29,32,35-64H2,1-3H3/b10-7-,19-16-,25-23-,28-27-,31-30-,34-33-. The van der Waals surface area contributed by atoms with Crippen LogP contribution in [-0.4, -0.2) is 37.2 Å². The van der Waals surface area contributed by atoms with Crippen LogP contribution < -0.4 is 0 Å². The maximum atomic E-state index is 12.8. The minimum Gasteiger partial charge on any atom is -0.462 e. The number of carbonyl (C=O) groups excluding carboxylic acids is 3. The molecule has 6 nitrogen and oxygen atoms in total. The first-order valence-corrected chi connectivity index (χ1v) is 31.9. The summed E-state index contributed by atoms with van der Waals surface area (Å²) < 4.78 is 16.8. The number of rotatable bonds is 58. The summed E-state index contributed by atoms with van der Waals surface area (Å²) in [6.45, 7) is 6.53. The van der Waals surface area contributed by atoms with E-state index in [-0.39, 0.29) is 31.1 Å². The van der Waals surface area contributed by atoms with E-state index in [0.717, 1.165) is 96.3 Å². The zero-order valence-corrected chi connectivity index (χ0v) is 49.1. The Morgan fingerprint density at radius 2 is 0.527 bits per heavy atom. The van der Waals surface area contributed by atoms with Crippen molar-refractivity contribution in [2.45, 2.75) is 329 Å². The first-order valence-electron chi connectivity index (χ1n) is 31.9. The van der Waals surface area contributed by atoms with Gasteiger partial charge in [-0.2, -0.15) is 0 Å². The predicted octanol–water partition coefficient (Wildman–Crippen LogP) is 21.7. The molecule has 0 saturated carbocycles. The van der Waals surface area contributed by atoms with Gasteiger partial charge in [0.25, 0.3) is 0 Å². The molecule has 0 aromatic heterocycles. The third-order valence-corrected chi connectivity index (χ3v) is 14.0. The molecule has 74 heavy (non-hydrogen) atoms. The maximum Gasteiger partial charge on any atom is 0.306 e. The van der Waals surface area contributed by atoms with Crippen molar-refractivity contribution in [1.29, 1.82) is 0 Å². The number of carbonyl (C=O) groups is 3. The first-order chi connectivity index (χ1) is 36.5. The number of ether oxygens (including phenoxy) is 3. The molecular weight excluding hydrogens is 913 g/mol. The van der Waals surface area contributed by atoms with Crippen molar-refractivity contribution in [3.8, 4) is 0 Å². The van der Waals surface area contributed by atoms with E-state index in [1.165, 1.54) is 186 Å². The molecule has 0 aromatic rings. The molecule has 1 atom stereocenters. The van der Waals surface area contributed by atoms with Crippen LogP contribution in [0.4, 0.5) is 0 Å². The van der Waals surface area contributed by atoms with E-state index in [1.807, 2.05) is 0 Å². The average molecular weight is 1030 g/mol. The fourth-order valence-corrected chi connectivity index (χ4v) is 9.21. The van der Waals surface area contributed by atoms with Gasteiger partial charge in [-0.1, -0.05) is 306 Å². The van der Waals surface area contributed by atoms with Crippen LogP contribution in [0.25, 0.3) is 0 Å². The summed E-state index contributed by atoms with van der Waals surface area (Å²) in [6.07, 6.45) is 80.8. The van der Waals surface area contributed by atoms with Gasteiger partial charge in [0.1, 0.15) is 13.2 Å². The lowest BCUT2D eigenvalue weighted by Gasteiger charge is -2.18. The summed E-state index contributed by atoms with van der Waals surface area (Å²) in [5, 5.41) is 0. The van der Waals surface area contributed by atoms with Gasteiger partial charge in [0.15, 0.2) is 6.10 Å². The van der Waals surface area contributed by atoms with E-state index in [0.29, 0.717) is 19.3 Å². The van der Waals surface area contributed by atoms with Crippen LogP contribution in [0.1, 0.15) is 323 Å². The van der Waals surface area contributed by atoms with Crippen LogP contribution in [0.5, 0.6) is 0 Å². The molecule has 1 unspecified atom stereocenters. The molecule has 0 fully saturated rings. The lowest BCUT2D eigenvalue weighted by Crippen LogP contribution is -2.30. The molecule has 6 heteroatoms. The molecule has 0 amide bonds. The Bertz CT molecular complexity index is 1370. The van der Waals surface area contributed by atoms with Crippen LogP contribution >= 0.6 is 0 Å². The van der Waals surface area contributed by atoms with E-state index in [4.69, 9.17) is 14.2 Å². The fraction of sp³-hybridized carbons (Fsp3) is 0.779. The highest BCUT2D eigenvalue weighted by Gasteiger charge is 2.19. The third kappa shape index (κ3) is 59.7. The van der Waals surface area contributed by atoms with Crippen molar-refractivity contribution in [2.75, 3.05) is 13.2 Å². The second-order valence-electron chi connectivity index (χ2n) is 21.3. The van der Waals surface area contributed by atoms with Crippen molar-refractivity contribution in [3.05, 3.63) is 72.9 Å². The molecule has 0 aromatic carbocycles. The summed E-state index contributed by atoms with van der Waals surface area (Å²) in [5.74, 6) is -0.858. The van der Waals surface area contributed by atoms with E-state index in [2.05, 4.69) is 93.7 Å². The SMILES string of the molecule is CC/C=C\C/C=C\C/C=C\C/C=C\C/C=C\C/C=C\CCCCCCCCCCCCCCCCC(=O)OCC(COC(=O)CCCCCCCCCC)OC(=O)CCCCCCCCCCCCCCCCC. The average Bonchev–Trinajstić information content (AvgIpc) is 3.40. The lowest BCUT2D eigenvalue weighted by molar-refractivity contribution is -0.167. The molecule has 0 rings (SSSR count). The molecule has 428 valence electrons. The second-order valence-corrected chi connectivity index (χ2v) is 21.3. The van der Waals surface area contributed by atoms with Crippen LogP contribution in [0.15, 0.2) is 72.9 Å². The van der Waals surface area contributed by atoms with E-state index < -0.39 is 6.10 Å². The molecule has 0 N–H and O–H groups in total. The number of allylic oxidation sites excluding steroid dienone is 12. The lowest BCUT2D eigenvalue weighted by atomic mass is 10.0. The monoisotopic (exact) mass is 1030 g/mol. The third-order valence-electron chi connectivity index (χ3n) is 14.0. The molecule has 0 heterocycles. The molecule has 0 saturated heterocycles. The number of hydrogen-bond acceptors (Lipinski definition) is 6. The van der Waals surface area contributed by atoms with Crippen LogP contribution in [0.2, 0.25) is 0 Å². The molecule has 0 spiro atoms. The topological polar surface area (TPSA) is 78.9 Å². The van der Waals surface area contributed by atoms with Crippen molar-refractivity contribution < 1.29 is 28.6 Å². The van der Waals surface area contributed by atoms with Crippen LogP contribution in [0, 0.1) is 0 Å². The Kier molecular flexibility index (Phi) is 59.7. The van der Waals surface area contributed by atoms with Gasteiger partial charge in [-0.25, -0.2) is 0 Å². The zero-order chi connectivity index (χ0) is 53.6. The molecule has 0 bridgehead atoms. The van der Waals surface area contributed by atoms with Crippen LogP contribution in [-0.2, 0) is 28.6 Å². The van der Waals surface area contributed by atoms with Crippen molar-refractivity contribution in [3.63, 3.8) is 0 Å². The maximum absolute atomic E-state index is 12.8. The van der Waals surface area contributed by atoms with Gasteiger partial charge in [0.05, 0.1) is 0 Å². The van der Waals surface area contributed by atoms with Gasteiger partial charge in [0.2, 0.25) is 0 Å². The van der Waals surface area contributed by atoms with Gasteiger partial charge in [-0.05, 0) is 70.6 Å². The van der Waals surface area contributed by atoms with Crippen molar-refractivity contribution in [1.82, 2.24) is 0 Å². The molecular formula is C68H120O6. The zero-order valence-electron chi connectivity index (χ0n) is 49.1. The molecule has 0 radical (unpaired) electrons. The second kappa shape index (κ2) is 62.4. The van der Waals surface area contributed by atoms with Gasteiger partial charge in [0, 0.05) is 19.3 Å². The van der Waals surface area contributed by atoms with E-state index in [9.17, 15) is 14.4 Å². The van der Waals surface area contributed by atoms with Gasteiger partial charge < -0.3 is 14.2 Å². The normalized spacial score (nSPS) is 12.5. The van der Waals surface area contributed by atoms with Gasteiger partial charge in [-0.15, -0.1) is 0 Å². The highest BCUT2D eigenvalue weighted by atomic mass is 16.6. The van der Waals surface area contributed by atoms with Gasteiger partial charge in [-0.3, -0.25) is 14.4 Å². The summed E-state index contributed by atoms with van der Waals surface area (Å²) >= 11 is 0.